The van der Waals surface area contributed by atoms with Gasteiger partial charge >= 0.3 is 5.97 Å². The van der Waals surface area contributed by atoms with Crippen LogP contribution in [0.25, 0.3) is 11.5 Å². The number of esters is 1. The molecule has 7 rings (SSSR count). The van der Waals surface area contributed by atoms with Gasteiger partial charge in [-0.2, -0.15) is 4.98 Å². The Kier molecular flexibility index (Phi) is 6.69. The number of nitrogens with zero attached hydrogens (tertiary/aromatic N) is 3. The molecule has 7 heteroatoms. The third-order valence-electron chi connectivity index (χ3n) is 8.44. The summed E-state index contributed by atoms with van der Waals surface area (Å²) >= 11 is 0. The minimum absolute atomic E-state index is 0. The Morgan fingerprint density at radius 1 is 1.00 bits per heavy atom. The number of benzene rings is 2. The summed E-state index contributed by atoms with van der Waals surface area (Å²) < 4.78 is 12.8. The van der Waals surface area contributed by atoms with Crippen molar-refractivity contribution in [3.63, 3.8) is 0 Å². The van der Waals surface area contributed by atoms with Crippen molar-refractivity contribution in [1.82, 2.24) is 10.1 Å². The molecule has 3 aromatic rings. The van der Waals surface area contributed by atoms with Crippen LogP contribution in [0.5, 0.6) is 0 Å². The molecule has 2 aromatic carbocycles. The van der Waals surface area contributed by atoms with Crippen LogP contribution in [0, 0.1) is 5.92 Å². The molecule has 0 N–H and O–H groups in total. The molecular weight excluding hydrogens is 462 g/mol. The maximum Gasteiger partial charge on any atom is 0.317 e. The molecule has 1 atom stereocenters. The molecule has 0 unspecified atom stereocenters. The minimum atomic E-state index is -0.476. The highest BCUT2D eigenvalue weighted by Crippen LogP contribution is 2.44. The molecule has 0 spiro atoms. The van der Waals surface area contributed by atoms with E-state index in [0.29, 0.717) is 11.8 Å². The Hall–Kier alpha value is -2.70. The van der Waals surface area contributed by atoms with Crippen LogP contribution in [0.4, 0.5) is 0 Å². The van der Waals surface area contributed by atoms with Crippen molar-refractivity contribution in [2.75, 3.05) is 19.6 Å². The van der Waals surface area contributed by atoms with Crippen molar-refractivity contribution < 1.29 is 30.9 Å². The summed E-state index contributed by atoms with van der Waals surface area (Å²) in [5.74, 6) is 1.75. The van der Waals surface area contributed by atoms with E-state index < -0.39 is 5.41 Å². The van der Waals surface area contributed by atoms with Crippen molar-refractivity contribution in [1.29, 1.82) is 0 Å². The lowest BCUT2D eigenvalue weighted by Gasteiger charge is -2.51. The lowest BCUT2D eigenvalue weighted by molar-refractivity contribution is -0.958. The summed E-state index contributed by atoms with van der Waals surface area (Å²) in [7, 11) is 0. The van der Waals surface area contributed by atoms with Crippen LogP contribution in [0.15, 0.2) is 65.2 Å². The summed E-state index contributed by atoms with van der Waals surface area (Å²) in [5.41, 5.74) is 1.58. The molecule has 6 nitrogen and oxygen atoms in total. The number of aromatic nitrogens is 2. The number of hydrogen-bond acceptors (Lipinski definition) is 5. The molecule has 184 valence electrons. The van der Waals surface area contributed by atoms with E-state index in [2.05, 4.69) is 22.3 Å². The Morgan fingerprint density at radius 2 is 1.66 bits per heavy atom. The van der Waals surface area contributed by atoms with Crippen molar-refractivity contribution in [2.24, 2.45) is 5.92 Å². The lowest BCUT2D eigenvalue weighted by atomic mass is 9.78. The predicted octanol–water partition coefficient (Wildman–Crippen LogP) is 1.90. The molecule has 0 amide bonds. The van der Waals surface area contributed by atoms with E-state index in [1.54, 1.807) is 0 Å². The predicted molar refractivity (Wildman–Crippen MR) is 127 cm³/mol. The topological polar surface area (TPSA) is 65.2 Å². The fourth-order valence-electron chi connectivity index (χ4n) is 6.49. The molecule has 1 aliphatic carbocycles. The number of fused-ring (bicyclic) bond motifs is 3. The zero-order chi connectivity index (χ0) is 23.0. The summed E-state index contributed by atoms with van der Waals surface area (Å²) in [6.07, 6.45) is 6.08. The SMILES string of the molecule is O=C(O[C@H]1C[N+]2(Cc3noc(-c4ccccc4)n3)CCC1CC2)C1(c2ccccc2)CCCC1.[Cl-]. The monoisotopic (exact) mass is 493 g/mol. The van der Waals surface area contributed by atoms with Crippen LogP contribution in [-0.4, -0.2) is 46.3 Å². The highest BCUT2D eigenvalue weighted by atomic mass is 35.5. The van der Waals surface area contributed by atoms with Gasteiger partial charge < -0.3 is 26.2 Å². The Labute approximate surface area is 212 Å². The number of ether oxygens (including phenoxy) is 1. The van der Waals surface area contributed by atoms with E-state index in [1.165, 1.54) is 0 Å². The van der Waals surface area contributed by atoms with E-state index in [0.717, 1.165) is 86.1 Å². The lowest BCUT2D eigenvalue weighted by Crippen LogP contribution is -3.00. The summed E-state index contributed by atoms with van der Waals surface area (Å²) in [4.78, 5) is 18.3. The molecule has 0 radical (unpaired) electrons. The average molecular weight is 494 g/mol. The maximum atomic E-state index is 13.7. The largest absolute Gasteiger partial charge is 1.00 e. The van der Waals surface area contributed by atoms with Gasteiger partial charge in [-0.05, 0) is 30.5 Å². The van der Waals surface area contributed by atoms with Crippen LogP contribution in [0.3, 0.4) is 0 Å². The van der Waals surface area contributed by atoms with Gasteiger partial charge in [0.25, 0.3) is 5.89 Å². The highest BCUT2D eigenvalue weighted by Gasteiger charge is 2.51. The number of halogens is 1. The molecule has 4 fully saturated rings. The van der Waals surface area contributed by atoms with Crippen molar-refractivity contribution in [2.45, 2.75) is 56.6 Å². The van der Waals surface area contributed by atoms with E-state index >= 15 is 0 Å². The van der Waals surface area contributed by atoms with Gasteiger partial charge in [0.15, 0.2) is 6.10 Å². The van der Waals surface area contributed by atoms with Gasteiger partial charge in [0.2, 0.25) is 5.82 Å². The molecule has 2 bridgehead atoms. The molecule has 3 aliphatic heterocycles. The normalized spacial score (nSPS) is 26.7. The minimum Gasteiger partial charge on any atom is -1.00 e. The average Bonchev–Trinajstić information content (AvgIpc) is 3.57. The second-order valence-electron chi connectivity index (χ2n) is 10.4. The molecule has 4 heterocycles. The van der Waals surface area contributed by atoms with Gasteiger partial charge in [-0.1, -0.05) is 66.5 Å². The van der Waals surface area contributed by atoms with Crippen LogP contribution in [0.1, 0.15) is 49.9 Å². The molecule has 1 aromatic heterocycles. The van der Waals surface area contributed by atoms with E-state index in [4.69, 9.17) is 9.26 Å². The van der Waals surface area contributed by atoms with Crippen molar-refractivity contribution >= 4 is 5.97 Å². The fraction of sp³-hybridized carbons (Fsp3) is 0.464. The van der Waals surface area contributed by atoms with Gasteiger partial charge in [0.1, 0.15) is 13.1 Å². The fourth-order valence-corrected chi connectivity index (χ4v) is 6.49. The van der Waals surface area contributed by atoms with Gasteiger partial charge in [-0.3, -0.25) is 4.79 Å². The van der Waals surface area contributed by atoms with Crippen molar-refractivity contribution in [3.8, 4) is 11.5 Å². The van der Waals surface area contributed by atoms with Crippen LogP contribution in [0.2, 0.25) is 0 Å². The van der Waals surface area contributed by atoms with Crippen LogP contribution >= 0.6 is 0 Å². The molecule has 1 saturated carbocycles. The molecule has 3 saturated heterocycles. The standard InChI is InChI=1S/C28H32N3O3.ClH/c32-27(28(15-7-8-16-28)23-11-5-2-6-12-23)33-24-19-31(17-13-21(24)14-18-31)20-25-29-26(34-30-25)22-9-3-1-4-10-22;/h1-6,9-12,21,24H,7-8,13-20H2;1H/q+1;/p-1/t21?,24-,31?;/m0./s1. The number of piperidine rings is 3. The summed E-state index contributed by atoms with van der Waals surface area (Å²) in [6, 6.07) is 20.2. The van der Waals surface area contributed by atoms with Crippen LogP contribution in [-0.2, 0) is 21.5 Å². The van der Waals surface area contributed by atoms with Crippen molar-refractivity contribution in [3.05, 3.63) is 72.1 Å². The second kappa shape index (κ2) is 9.75. The third kappa shape index (κ3) is 4.50. The number of quaternary nitrogens is 1. The summed E-state index contributed by atoms with van der Waals surface area (Å²) in [5, 5.41) is 4.29. The van der Waals surface area contributed by atoms with Crippen LogP contribution < -0.4 is 12.4 Å². The van der Waals surface area contributed by atoms with E-state index in [1.807, 2.05) is 48.5 Å². The van der Waals surface area contributed by atoms with Gasteiger partial charge in [-0.15, -0.1) is 0 Å². The number of hydrogen-bond donors (Lipinski definition) is 0. The van der Waals surface area contributed by atoms with Gasteiger partial charge in [0, 0.05) is 24.3 Å². The molecule has 4 aliphatic rings. The zero-order valence-electron chi connectivity index (χ0n) is 19.9. The first-order valence-corrected chi connectivity index (χ1v) is 12.7. The second-order valence-corrected chi connectivity index (χ2v) is 10.4. The molecular formula is C28H32ClN3O3. The first-order valence-electron chi connectivity index (χ1n) is 12.7. The first-order chi connectivity index (χ1) is 16.7. The summed E-state index contributed by atoms with van der Waals surface area (Å²) in [6.45, 7) is 3.73. The number of rotatable bonds is 6. The third-order valence-corrected chi connectivity index (χ3v) is 8.44. The quantitative estimate of drug-likeness (QED) is 0.387. The molecule has 35 heavy (non-hydrogen) atoms. The highest BCUT2D eigenvalue weighted by molar-refractivity contribution is 5.83. The maximum absolute atomic E-state index is 13.7. The van der Waals surface area contributed by atoms with E-state index in [9.17, 15) is 4.79 Å². The van der Waals surface area contributed by atoms with Gasteiger partial charge in [-0.25, -0.2) is 0 Å². The smallest absolute Gasteiger partial charge is 0.317 e. The van der Waals surface area contributed by atoms with E-state index in [-0.39, 0.29) is 24.5 Å². The zero-order valence-corrected chi connectivity index (χ0v) is 20.7. The Morgan fingerprint density at radius 3 is 2.34 bits per heavy atom. The number of carbonyl (C=O) groups is 1. The van der Waals surface area contributed by atoms with Gasteiger partial charge in [0.05, 0.1) is 18.5 Å². The number of carbonyl (C=O) groups excluding carboxylic acids is 1. The first kappa shape index (κ1) is 24.0. The Balaban J connectivity index is 0.00000253. The Bertz CT molecular complexity index is 1140.